The number of H-pyrrole nitrogens is 1. The first-order valence-corrected chi connectivity index (χ1v) is 8.57. The lowest BCUT2D eigenvalue weighted by molar-refractivity contribution is -0.130. The number of aromatic nitrogens is 3. The largest absolute Gasteiger partial charge is 0.491 e. The molecular formula is C17H17ClN4O5. The summed E-state index contributed by atoms with van der Waals surface area (Å²) in [6.45, 7) is 2.95. The number of nitrogens with one attached hydrogen (secondary N) is 2. The number of aromatic amines is 1. The van der Waals surface area contributed by atoms with E-state index in [0.29, 0.717) is 10.5 Å². The summed E-state index contributed by atoms with van der Waals surface area (Å²) < 4.78 is 0.828. The molecule has 2 aromatic heterocycles. The molecule has 3 aromatic rings. The van der Waals surface area contributed by atoms with Gasteiger partial charge in [-0.15, -0.1) is 5.10 Å². The fourth-order valence-electron chi connectivity index (χ4n) is 2.78. The van der Waals surface area contributed by atoms with E-state index in [1.807, 2.05) is 0 Å². The van der Waals surface area contributed by atoms with E-state index in [-0.39, 0.29) is 22.7 Å². The molecule has 0 aliphatic carbocycles. The molecule has 0 saturated heterocycles. The van der Waals surface area contributed by atoms with Crippen molar-refractivity contribution in [3.05, 3.63) is 43.8 Å². The molecule has 27 heavy (non-hydrogen) atoms. The Morgan fingerprint density at radius 3 is 2.74 bits per heavy atom. The summed E-state index contributed by atoms with van der Waals surface area (Å²) in [5.41, 5.74) is -1.14. The Hall–Kier alpha value is -2.91. The molecule has 0 aliphatic heterocycles. The molecule has 142 valence electrons. The van der Waals surface area contributed by atoms with Crippen LogP contribution in [0.25, 0.3) is 21.8 Å². The monoisotopic (exact) mass is 392 g/mol. The third kappa shape index (κ3) is 3.26. The van der Waals surface area contributed by atoms with Gasteiger partial charge in [0.1, 0.15) is 23.2 Å². The Morgan fingerprint density at radius 2 is 2.11 bits per heavy atom. The first kappa shape index (κ1) is 18.9. The zero-order valence-electron chi connectivity index (χ0n) is 14.5. The lowest BCUT2D eigenvalue weighted by atomic mass is 10.1. The minimum Gasteiger partial charge on any atom is -0.491 e. The van der Waals surface area contributed by atoms with Crippen molar-refractivity contribution in [3.63, 3.8) is 0 Å². The number of carbonyl (C=O) groups is 1. The van der Waals surface area contributed by atoms with Crippen molar-refractivity contribution in [3.8, 4) is 5.88 Å². The van der Waals surface area contributed by atoms with E-state index in [0.717, 1.165) is 4.68 Å². The third-order valence-corrected chi connectivity index (χ3v) is 4.42. The Balaban J connectivity index is 2.30. The molecule has 2 atom stereocenters. The van der Waals surface area contributed by atoms with Gasteiger partial charge in [-0.25, -0.2) is 4.68 Å². The molecule has 3 rings (SSSR count). The van der Waals surface area contributed by atoms with Crippen LogP contribution in [0.1, 0.15) is 26.4 Å². The highest BCUT2D eigenvalue weighted by atomic mass is 35.5. The number of halogens is 1. The first-order valence-electron chi connectivity index (χ1n) is 8.20. The molecule has 0 bridgehead atoms. The van der Waals surface area contributed by atoms with E-state index in [9.17, 15) is 24.6 Å². The molecule has 0 radical (unpaired) electrons. The normalized spacial score (nSPS) is 13.6. The maximum Gasteiger partial charge on any atom is 0.282 e. The highest BCUT2D eigenvalue weighted by Crippen LogP contribution is 2.21. The molecule has 2 unspecified atom stereocenters. The number of amides is 1. The number of hydrogen-bond acceptors (Lipinski definition) is 6. The van der Waals surface area contributed by atoms with Crippen LogP contribution in [-0.2, 0) is 4.79 Å². The number of aliphatic hydroxyl groups is 1. The molecule has 0 fully saturated rings. The first-order chi connectivity index (χ1) is 12.7. The number of aromatic hydroxyl groups is 1. The van der Waals surface area contributed by atoms with Crippen molar-refractivity contribution >= 4 is 39.3 Å². The van der Waals surface area contributed by atoms with Gasteiger partial charge in [-0.05, 0) is 31.5 Å². The van der Waals surface area contributed by atoms with Crippen LogP contribution in [0.3, 0.4) is 0 Å². The van der Waals surface area contributed by atoms with Crippen LogP contribution < -0.4 is 16.3 Å². The minimum atomic E-state index is -1.29. The number of rotatable bonds is 4. The quantitative estimate of drug-likeness (QED) is 0.489. The summed E-state index contributed by atoms with van der Waals surface area (Å²) in [6.07, 6.45) is -2.01. The van der Waals surface area contributed by atoms with E-state index in [1.54, 1.807) is 6.92 Å². The van der Waals surface area contributed by atoms with Crippen LogP contribution in [0.5, 0.6) is 5.88 Å². The van der Waals surface area contributed by atoms with E-state index in [2.05, 4.69) is 15.4 Å². The summed E-state index contributed by atoms with van der Waals surface area (Å²) in [7, 11) is 0. The SMILES string of the molecule is CCC(NC(=O)C(C)O)n1nc(O)c2[nH]c3cc(Cl)ccc3c(=O)c2c1=O. The maximum absolute atomic E-state index is 12.9. The van der Waals surface area contributed by atoms with Crippen LogP contribution in [0.4, 0.5) is 0 Å². The predicted octanol–water partition coefficient (Wildman–Crippen LogP) is 1.00. The number of pyridine rings is 1. The third-order valence-electron chi connectivity index (χ3n) is 4.18. The topological polar surface area (TPSA) is 137 Å². The van der Waals surface area contributed by atoms with Gasteiger partial charge in [0.25, 0.3) is 11.4 Å². The number of aliphatic hydroxyl groups excluding tert-OH is 1. The van der Waals surface area contributed by atoms with Crippen molar-refractivity contribution in [1.29, 1.82) is 0 Å². The van der Waals surface area contributed by atoms with E-state index >= 15 is 0 Å². The van der Waals surface area contributed by atoms with Crippen molar-refractivity contribution < 1.29 is 15.0 Å². The van der Waals surface area contributed by atoms with Crippen molar-refractivity contribution in [1.82, 2.24) is 20.1 Å². The standard InChI is InChI=1S/C17H17ClN4O5/c1-3-11(20-15(25)7(2)23)22-17(27)12-13(16(26)21-22)19-10-6-8(18)4-5-9(10)14(12)24/h4-7,11,23H,3H2,1-2H3,(H,19,24)(H,20,25)(H,21,26). The zero-order valence-corrected chi connectivity index (χ0v) is 15.2. The lowest BCUT2D eigenvalue weighted by Crippen LogP contribution is -2.43. The second-order valence-electron chi connectivity index (χ2n) is 6.08. The molecule has 0 saturated carbocycles. The lowest BCUT2D eigenvalue weighted by Gasteiger charge is -2.20. The summed E-state index contributed by atoms with van der Waals surface area (Å²) in [4.78, 5) is 40.3. The molecule has 1 amide bonds. The molecule has 0 spiro atoms. The summed E-state index contributed by atoms with van der Waals surface area (Å²) in [5, 5.41) is 26.2. The molecule has 9 nitrogen and oxygen atoms in total. The van der Waals surface area contributed by atoms with Gasteiger partial charge in [-0.2, -0.15) is 0 Å². The molecule has 1 aromatic carbocycles. The van der Waals surface area contributed by atoms with Gasteiger partial charge < -0.3 is 20.5 Å². The second-order valence-corrected chi connectivity index (χ2v) is 6.51. The van der Waals surface area contributed by atoms with Gasteiger partial charge in [0, 0.05) is 10.4 Å². The van der Waals surface area contributed by atoms with Crippen LogP contribution in [0.2, 0.25) is 5.02 Å². The van der Waals surface area contributed by atoms with Crippen molar-refractivity contribution in [2.24, 2.45) is 0 Å². The smallest absolute Gasteiger partial charge is 0.282 e. The molecule has 10 heteroatoms. The van der Waals surface area contributed by atoms with Crippen LogP contribution in [0, 0.1) is 0 Å². The van der Waals surface area contributed by atoms with Gasteiger partial charge in [-0.1, -0.05) is 18.5 Å². The minimum absolute atomic E-state index is 0.118. The maximum atomic E-state index is 12.9. The van der Waals surface area contributed by atoms with Gasteiger partial charge in [0.15, 0.2) is 0 Å². The Kier molecular flexibility index (Phi) is 4.90. The number of benzene rings is 1. The number of hydrogen-bond donors (Lipinski definition) is 4. The fourth-order valence-corrected chi connectivity index (χ4v) is 2.95. The highest BCUT2D eigenvalue weighted by Gasteiger charge is 2.22. The number of nitrogens with zero attached hydrogens (tertiary/aromatic N) is 2. The molecule has 4 N–H and O–H groups in total. The average Bonchev–Trinajstić information content (AvgIpc) is 2.62. The van der Waals surface area contributed by atoms with Gasteiger partial charge in [-0.3, -0.25) is 14.4 Å². The zero-order chi connectivity index (χ0) is 19.9. The summed E-state index contributed by atoms with van der Waals surface area (Å²) in [6, 6.07) is 4.49. The second kappa shape index (κ2) is 7.01. The van der Waals surface area contributed by atoms with E-state index < -0.39 is 35.0 Å². The average molecular weight is 393 g/mol. The van der Waals surface area contributed by atoms with E-state index in [4.69, 9.17) is 11.6 Å². The molecular weight excluding hydrogens is 376 g/mol. The Labute approximate surface area is 157 Å². The van der Waals surface area contributed by atoms with Crippen molar-refractivity contribution in [2.45, 2.75) is 32.5 Å². The van der Waals surface area contributed by atoms with Crippen LogP contribution in [0.15, 0.2) is 27.8 Å². The Bertz CT molecular complexity index is 1170. The van der Waals surface area contributed by atoms with Crippen LogP contribution in [-0.4, -0.2) is 37.0 Å². The van der Waals surface area contributed by atoms with Gasteiger partial charge in [0.05, 0.1) is 5.52 Å². The van der Waals surface area contributed by atoms with Gasteiger partial charge >= 0.3 is 0 Å². The fraction of sp³-hybridized carbons (Fsp3) is 0.294. The van der Waals surface area contributed by atoms with Crippen LogP contribution >= 0.6 is 11.6 Å². The number of fused-ring (bicyclic) bond motifs is 2. The Morgan fingerprint density at radius 1 is 1.41 bits per heavy atom. The summed E-state index contributed by atoms with van der Waals surface area (Å²) >= 11 is 5.93. The van der Waals surface area contributed by atoms with E-state index in [1.165, 1.54) is 25.1 Å². The predicted molar refractivity (Wildman–Crippen MR) is 100.0 cm³/mol. The highest BCUT2D eigenvalue weighted by molar-refractivity contribution is 6.31. The van der Waals surface area contributed by atoms with Crippen molar-refractivity contribution in [2.75, 3.05) is 0 Å². The molecule has 2 heterocycles. The summed E-state index contributed by atoms with van der Waals surface area (Å²) in [5.74, 6) is -1.29. The molecule has 0 aliphatic rings. The number of carbonyl (C=O) groups excluding carboxylic acids is 1. The van der Waals surface area contributed by atoms with Gasteiger partial charge in [0.2, 0.25) is 11.3 Å².